The number of amides is 3. The molecular weight excluding hydrogens is 326 g/mol. The molecule has 1 unspecified atom stereocenters. The van der Waals surface area contributed by atoms with Gasteiger partial charge in [0.2, 0.25) is 5.91 Å². The highest BCUT2D eigenvalue weighted by atomic mass is 16.2. The van der Waals surface area contributed by atoms with Gasteiger partial charge in [-0.2, -0.15) is 0 Å². The minimum Gasteiger partial charge on any atom is -0.351 e. The molecule has 2 rings (SSSR count). The van der Waals surface area contributed by atoms with Crippen molar-refractivity contribution in [1.82, 2.24) is 10.2 Å². The summed E-state index contributed by atoms with van der Waals surface area (Å²) in [5.74, 6) is -0.0963. The number of nitrogens with one attached hydrogen (secondary N) is 2. The Hall–Kier alpha value is -2.04. The number of hydrogen-bond donors (Lipinski definition) is 2. The van der Waals surface area contributed by atoms with E-state index in [1.54, 1.807) is 4.90 Å². The van der Waals surface area contributed by atoms with Gasteiger partial charge in [0.15, 0.2) is 0 Å². The van der Waals surface area contributed by atoms with Gasteiger partial charge in [-0.05, 0) is 50.7 Å². The standard InChI is InChI=1S/C21H33N3O2/c1-20(2,3)15-21(4,5)23-18(25)16-10-9-13-24(14-16)19(26)22-17-11-7-6-8-12-17/h6-8,11-12,16H,9-10,13-15H2,1-5H3,(H,22,26)(H,23,25). The first-order chi connectivity index (χ1) is 12.1. The second-order valence-electron chi connectivity index (χ2n) is 9.19. The molecular formula is C21H33N3O2. The van der Waals surface area contributed by atoms with Gasteiger partial charge in [0.05, 0.1) is 5.92 Å². The number of para-hydroxylation sites is 1. The fourth-order valence-electron chi connectivity index (χ4n) is 3.91. The molecule has 0 bridgehead atoms. The lowest BCUT2D eigenvalue weighted by Gasteiger charge is -2.37. The molecule has 26 heavy (non-hydrogen) atoms. The van der Waals surface area contributed by atoms with Gasteiger partial charge in [-0.3, -0.25) is 4.79 Å². The molecule has 1 saturated heterocycles. The third-order valence-electron chi connectivity index (χ3n) is 4.54. The summed E-state index contributed by atoms with van der Waals surface area (Å²) in [6, 6.07) is 9.28. The van der Waals surface area contributed by atoms with E-state index in [2.05, 4.69) is 45.3 Å². The van der Waals surface area contributed by atoms with Crippen molar-refractivity contribution < 1.29 is 9.59 Å². The van der Waals surface area contributed by atoms with Crippen molar-refractivity contribution in [2.75, 3.05) is 18.4 Å². The monoisotopic (exact) mass is 359 g/mol. The van der Waals surface area contributed by atoms with Crippen LogP contribution >= 0.6 is 0 Å². The van der Waals surface area contributed by atoms with E-state index in [9.17, 15) is 9.59 Å². The molecule has 0 aromatic heterocycles. The SMILES string of the molecule is CC(C)(C)CC(C)(C)NC(=O)C1CCCN(C(=O)Nc2ccccc2)C1. The number of benzene rings is 1. The van der Waals surface area contributed by atoms with Gasteiger partial charge in [-0.15, -0.1) is 0 Å². The average molecular weight is 360 g/mol. The fraction of sp³-hybridized carbons (Fsp3) is 0.619. The number of likely N-dealkylation sites (tertiary alicyclic amines) is 1. The number of rotatable bonds is 4. The number of carbonyl (C=O) groups is 2. The lowest BCUT2D eigenvalue weighted by Crippen LogP contribution is -2.52. The Morgan fingerprint density at radius 3 is 2.38 bits per heavy atom. The molecule has 0 aliphatic carbocycles. The number of piperidine rings is 1. The molecule has 1 atom stereocenters. The Kier molecular flexibility index (Phi) is 6.32. The largest absolute Gasteiger partial charge is 0.351 e. The zero-order valence-electron chi connectivity index (χ0n) is 16.8. The topological polar surface area (TPSA) is 61.4 Å². The van der Waals surface area contributed by atoms with E-state index in [0.717, 1.165) is 24.9 Å². The molecule has 1 fully saturated rings. The maximum atomic E-state index is 12.8. The lowest BCUT2D eigenvalue weighted by molar-refractivity contribution is -0.128. The van der Waals surface area contributed by atoms with Crippen molar-refractivity contribution in [3.05, 3.63) is 30.3 Å². The molecule has 144 valence electrons. The molecule has 5 heteroatoms. The molecule has 5 nitrogen and oxygen atoms in total. The molecule has 1 aliphatic rings. The van der Waals surface area contributed by atoms with Crippen LogP contribution in [0.5, 0.6) is 0 Å². The van der Waals surface area contributed by atoms with Gasteiger partial charge in [0.25, 0.3) is 0 Å². The summed E-state index contributed by atoms with van der Waals surface area (Å²) in [6.07, 6.45) is 2.57. The summed E-state index contributed by atoms with van der Waals surface area (Å²) in [6.45, 7) is 11.8. The van der Waals surface area contributed by atoms with Crippen LogP contribution in [0.3, 0.4) is 0 Å². The number of urea groups is 1. The Labute approximate surface area is 157 Å². The van der Waals surface area contributed by atoms with Crippen molar-refractivity contribution >= 4 is 17.6 Å². The molecule has 3 amide bonds. The van der Waals surface area contributed by atoms with E-state index in [4.69, 9.17) is 0 Å². The zero-order valence-corrected chi connectivity index (χ0v) is 16.8. The summed E-state index contributed by atoms with van der Waals surface area (Å²) >= 11 is 0. The van der Waals surface area contributed by atoms with Crippen LogP contribution in [-0.2, 0) is 4.79 Å². The van der Waals surface area contributed by atoms with Crippen molar-refractivity contribution in [1.29, 1.82) is 0 Å². The molecule has 1 heterocycles. The van der Waals surface area contributed by atoms with Crippen molar-refractivity contribution in [2.24, 2.45) is 11.3 Å². The normalized spacial score (nSPS) is 18.3. The van der Waals surface area contributed by atoms with E-state index in [1.807, 2.05) is 30.3 Å². The van der Waals surface area contributed by atoms with Crippen LogP contribution in [0.4, 0.5) is 10.5 Å². The minimum absolute atomic E-state index is 0.0523. The molecule has 2 N–H and O–H groups in total. The first kappa shape index (κ1) is 20.3. The van der Waals surface area contributed by atoms with Gasteiger partial charge < -0.3 is 15.5 Å². The number of hydrogen-bond acceptors (Lipinski definition) is 2. The molecule has 0 spiro atoms. The Bertz CT molecular complexity index is 620. The van der Waals surface area contributed by atoms with Crippen molar-refractivity contribution in [3.8, 4) is 0 Å². The second-order valence-corrected chi connectivity index (χ2v) is 9.19. The minimum atomic E-state index is -0.260. The third-order valence-corrected chi connectivity index (χ3v) is 4.54. The molecule has 1 aromatic rings. The Balaban J connectivity index is 1.92. The van der Waals surface area contributed by atoms with Crippen molar-refractivity contribution in [2.45, 2.75) is 59.4 Å². The fourth-order valence-corrected chi connectivity index (χ4v) is 3.91. The van der Waals surface area contributed by atoms with Crippen LogP contribution < -0.4 is 10.6 Å². The van der Waals surface area contributed by atoms with Gasteiger partial charge in [-0.1, -0.05) is 39.0 Å². The number of nitrogens with zero attached hydrogens (tertiary/aromatic N) is 1. The van der Waals surface area contributed by atoms with E-state index < -0.39 is 0 Å². The highest BCUT2D eigenvalue weighted by Crippen LogP contribution is 2.27. The number of carbonyl (C=O) groups excluding carboxylic acids is 2. The summed E-state index contributed by atoms with van der Waals surface area (Å²) in [7, 11) is 0. The van der Waals surface area contributed by atoms with E-state index in [1.165, 1.54) is 0 Å². The number of anilines is 1. The first-order valence-corrected chi connectivity index (χ1v) is 9.49. The Morgan fingerprint density at radius 2 is 1.77 bits per heavy atom. The lowest BCUT2D eigenvalue weighted by atomic mass is 9.81. The van der Waals surface area contributed by atoms with Gasteiger partial charge in [0, 0.05) is 24.3 Å². The molecule has 0 radical (unpaired) electrons. The Morgan fingerprint density at radius 1 is 1.12 bits per heavy atom. The quantitative estimate of drug-likeness (QED) is 0.844. The molecule has 1 aromatic carbocycles. The van der Waals surface area contributed by atoms with Crippen LogP contribution in [0, 0.1) is 11.3 Å². The summed E-state index contributed by atoms with van der Waals surface area (Å²) < 4.78 is 0. The summed E-state index contributed by atoms with van der Waals surface area (Å²) in [4.78, 5) is 27.0. The van der Waals surface area contributed by atoms with Crippen LogP contribution in [-0.4, -0.2) is 35.5 Å². The van der Waals surface area contributed by atoms with Crippen LogP contribution in [0.15, 0.2) is 30.3 Å². The first-order valence-electron chi connectivity index (χ1n) is 9.49. The highest BCUT2D eigenvalue weighted by Gasteiger charge is 2.33. The molecule has 0 saturated carbocycles. The van der Waals surface area contributed by atoms with Gasteiger partial charge >= 0.3 is 6.03 Å². The predicted molar refractivity (Wildman–Crippen MR) is 106 cm³/mol. The van der Waals surface area contributed by atoms with Crippen LogP contribution in [0.1, 0.15) is 53.9 Å². The molecule has 1 aliphatic heterocycles. The van der Waals surface area contributed by atoms with E-state index >= 15 is 0 Å². The zero-order chi connectivity index (χ0) is 19.4. The maximum absolute atomic E-state index is 12.8. The summed E-state index contributed by atoms with van der Waals surface area (Å²) in [5, 5.41) is 6.10. The van der Waals surface area contributed by atoms with Crippen LogP contribution in [0.25, 0.3) is 0 Å². The van der Waals surface area contributed by atoms with Gasteiger partial charge in [-0.25, -0.2) is 4.79 Å². The average Bonchev–Trinajstić information content (AvgIpc) is 2.53. The third kappa shape index (κ3) is 6.36. The maximum Gasteiger partial charge on any atom is 0.321 e. The highest BCUT2D eigenvalue weighted by molar-refractivity contribution is 5.90. The van der Waals surface area contributed by atoms with Crippen LogP contribution in [0.2, 0.25) is 0 Å². The van der Waals surface area contributed by atoms with E-state index in [-0.39, 0.29) is 28.8 Å². The van der Waals surface area contributed by atoms with Crippen molar-refractivity contribution in [3.63, 3.8) is 0 Å². The van der Waals surface area contributed by atoms with E-state index in [0.29, 0.717) is 13.1 Å². The second kappa shape index (κ2) is 8.11. The smallest absolute Gasteiger partial charge is 0.321 e. The predicted octanol–water partition coefficient (Wildman–Crippen LogP) is 4.26. The van der Waals surface area contributed by atoms with Gasteiger partial charge in [0.1, 0.15) is 0 Å². The summed E-state index contributed by atoms with van der Waals surface area (Å²) in [5.41, 5.74) is 0.657.